The second kappa shape index (κ2) is 7.79. The van der Waals surface area contributed by atoms with E-state index in [4.69, 9.17) is 5.73 Å². The van der Waals surface area contributed by atoms with E-state index in [-0.39, 0.29) is 11.5 Å². The Morgan fingerprint density at radius 1 is 1.00 bits per heavy atom. The summed E-state index contributed by atoms with van der Waals surface area (Å²) in [7, 11) is 0. The van der Waals surface area contributed by atoms with E-state index in [1.165, 1.54) is 25.7 Å². The van der Waals surface area contributed by atoms with Gasteiger partial charge in [-0.15, -0.1) is 0 Å². The minimum atomic E-state index is -0.578. The van der Waals surface area contributed by atoms with Gasteiger partial charge in [0.1, 0.15) is 5.82 Å². The molecule has 0 radical (unpaired) electrons. The van der Waals surface area contributed by atoms with Crippen molar-refractivity contribution in [2.24, 2.45) is 5.73 Å². The average Bonchev–Trinajstić information content (AvgIpc) is 2.91. The number of amides is 2. The number of aromatic nitrogens is 1. The van der Waals surface area contributed by atoms with Crippen LogP contribution in [0.25, 0.3) is 0 Å². The van der Waals surface area contributed by atoms with Gasteiger partial charge in [-0.1, -0.05) is 25.0 Å². The highest BCUT2D eigenvalue weighted by molar-refractivity contribution is 6.08. The molecule has 130 valence electrons. The van der Waals surface area contributed by atoms with Gasteiger partial charge in [0, 0.05) is 19.3 Å². The van der Waals surface area contributed by atoms with Crippen LogP contribution in [0.2, 0.25) is 0 Å². The number of pyridine rings is 1. The molecule has 3 rings (SSSR count). The largest absolute Gasteiger partial charge is 0.366 e. The smallest absolute Gasteiger partial charge is 0.257 e. The van der Waals surface area contributed by atoms with Crippen LogP contribution in [0.5, 0.6) is 0 Å². The minimum Gasteiger partial charge on any atom is -0.366 e. The van der Waals surface area contributed by atoms with Crippen LogP contribution in [0.15, 0.2) is 42.6 Å². The zero-order valence-electron chi connectivity index (χ0n) is 14.1. The second-order valence-corrected chi connectivity index (χ2v) is 6.17. The lowest BCUT2D eigenvalue weighted by Crippen LogP contribution is -2.25. The molecule has 0 aliphatic carbocycles. The summed E-state index contributed by atoms with van der Waals surface area (Å²) in [5.41, 5.74) is 6.46. The molecule has 1 aromatic heterocycles. The third-order valence-corrected chi connectivity index (χ3v) is 4.38. The lowest BCUT2D eigenvalue weighted by molar-refractivity contribution is 0.100. The van der Waals surface area contributed by atoms with Crippen LogP contribution in [-0.4, -0.2) is 29.9 Å². The van der Waals surface area contributed by atoms with Crippen molar-refractivity contribution in [1.82, 2.24) is 4.98 Å². The summed E-state index contributed by atoms with van der Waals surface area (Å²) >= 11 is 0. The van der Waals surface area contributed by atoms with E-state index in [0.717, 1.165) is 18.9 Å². The van der Waals surface area contributed by atoms with Crippen molar-refractivity contribution in [3.8, 4) is 0 Å². The van der Waals surface area contributed by atoms with Crippen LogP contribution in [-0.2, 0) is 0 Å². The number of nitrogens with zero attached hydrogens (tertiary/aromatic N) is 2. The van der Waals surface area contributed by atoms with Crippen molar-refractivity contribution >= 4 is 23.3 Å². The monoisotopic (exact) mass is 338 g/mol. The molecule has 2 amide bonds. The van der Waals surface area contributed by atoms with Gasteiger partial charge in [-0.3, -0.25) is 9.59 Å². The first kappa shape index (κ1) is 17.0. The third kappa shape index (κ3) is 4.15. The van der Waals surface area contributed by atoms with Crippen molar-refractivity contribution in [2.45, 2.75) is 25.7 Å². The minimum absolute atomic E-state index is 0.282. The lowest BCUT2D eigenvalue weighted by Gasteiger charge is -2.21. The molecule has 0 bridgehead atoms. The van der Waals surface area contributed by atoms with Crippen LogP contribution in [0.4, 0.5) is 11.5 Å². The number of benzene rings is 1. The Morgan fingerprint density at radius 3 is 2.36 bits per heavy atom. The summed E-state index contributed by atoms with van der Waals surface area (Å²) in [5.74, 6) is 0.00476. The quantitative estimate of drug-likeness (QED) is 0.897. The average molecular weight is 338 g/mol. The number of nitrogens with one attached hydrogen (secondary N) is 1. The fourth-order valence-electron chi connectivity index (χ4n) is 3.01. The molecule has 6 heteroatoms. The Labute approximate surface area is 147 Å². The molecule has 1 fully saturated rings. The Bertz CT molecular complexity index is 750. The summed E-state index contributed by atoms with van der Waals surface area (Å²) in [6.45, 7) is 2.01. The number of para-hydroxylation sites is 1. The van der Waals surface area contributed by atoms with E-state index < -0.39 is 5.91 Å². The van der Waals surface area contributed by atoms with Gasteiger partial charge in [0.2, 0.25) is 0 Å². The Kier molecular flexibility index (Phi) is 5.28. The van der Waals surface area contributed by atoms with Crippen molar-refractivity contribution in [1.29, 1.82) is 0 Å². The highest BCUT2D eigenvalue weighted by Crippen LogP contribution is 2.19. The third-order valence-electron chi connectivity index (χ3n) is 4.38. The maximum Gasteiger partial charge on any atom is 0.257 e. The molecule has 1 aromatic carbocycles. The summed E-state index contributed by atoms with van der Waals surface area (Å²) < 4.78 is 0. The van der Waals surface area contributed by atoms with Gasteiger partial charge >= 0.3 is 0 Å². The number of primary amides is 1. The van der Waals surface area contributed by atoms with E-state index >= 15 is 0 Å². The van der Waals surface area contributed by atoms with E-state index in [9.17, 15) is 9.59 Å². The van der Waals surface area contributed by atoms with Crippen LogP contribution in [0.3, 0.4) is 0 Å². The van der Waals surface area contributed by atoms with Crippen molar-refractivity contribution in [3.63, 3.8) is 0 Å². The SMILES string of the molecule is NC(=O)c1ccccc1NC(=O)c1ccc(N2CCCCCC2)nc1. The normalized spacial score (nSPS) is 14.6. The standard InChI is InChI=1S/C19H22N4O2/c20-18(24)15-7-3-4-8-16(15)22-19(25)14-9-10-17(21-13-14)23-11-5-1-2-6-12-23/h3-4,7-10,13H,1-2,5-6,11-12H2,(H2,20,24)(H,22,25). The fraction of sp³-hybridized carbons (Fsp3) is 0.316. The fourth-order valence-corrected chi connectivity index (χ4v) is 3.01. The number of nitrogens with two attached hydrogens (primary N) is 1. The number of hydrogen-bond donors (Lipinski definition) is 2. The van der Waals surface area contributed by atoms with Crippen molar-refractivity contribution < 1.29 is 9.59 Å². The zero-order valence-corrected chi connectivity index (χ0v) is 14.1. The van der Waals surface area contributed by atoms with Gasteiger partial charge in [0.05, 0.1) is 16.8 Å². The Morgan fingerprint density at radius 2 is 1.72 bits per heavy atom. The molecule has 0 unspecified atom stereocenters. The van der Waals surface area contributed by atoms with Gasteiger partial charge in [-0.05, 0) is 37.1 Å². The van der Waals surface area contributed by atoms with Gasteiger partial charge in [-0.25, -0.2) is 4.98 Å². The van der Waals surface area contributed by atoms with Gasteiger partial charge in [-0.2, -0.15) is 0 Å². The number of anilines is 2. The van der Waals surface area contributed by atoms with Crippen LogP contribution < -0.4 is 16.0 Å². The molecule has 6 nitrogen and oxygen atoms in total. The molecule has 2 aromatic rings. The molecular weight excluding hydrogens is 316 g/mol. The first-order chi connectivity index (χ1) is 12.1. The second-order valence-electron chi connectivity index (χ2n) is 6.17. The van der Waals surface area contributed by atoms with E-state index in [1.807, 2.05) is 6.07 Å². The first-order valence-electron chi connectivity index (χ1n) is 8.56. The van der Waals surface area contributed by atoms with Gasteiger partial charge in [0.25, 0.3) is 11.8 Å². The maximum atomic E-state index is 12.4. The Hall–Kier alpha value is -2.89. The summed E-state index contributed by atoms with van der Waals surface area (Å²) in [6, 6.07) is 10.3. The zero-order chi connectivity index (χ0) is 17.6. The Balaban J connectivity index is 1.72. The molecule has 25 heavy (non-hydrogen) atoms. The molecule has 1 saturated heterocycles. The molecule has 0 saturated carbocycles. The van der Waals surface area contributed by atoms with E-state index in [2.05, 4.69) is 15.2 Å². The first-order valence-corrected chi connectivity index (χ1v) is 8.56. The molecular formula is C19H22N4O2. The molecule has 1 aliphatic heterocycles. The molecule has 1 aliphatic rings. The van der Waals surface area contributed by atoms with Crippen LogP contribution >= 0.6 is 0 Å². The maximum absolute atomic E-state index is 12.4. The summed E-state index contributed by atoms with van der Waals surface area (Å²) in [4.78, 5) is 30.6. The van der Waals surface area contributed by atoms with E-state index in [1.54, 1.807) is 36.5 Å². The molecule has 0 atom stereocenters. The highest BCUT2D eigenvalue weighted by atomic mass is 16.2. The van der Waals surface area contributed by atoms with Crippen LogP contribution in [0.1, 0.15) is 46.4 Å². The predicted molar refractivity (Wildman–Crippen MR) is 97.8 cm³/mol. The van der Waals surface area contributed by atoms with Crippen LogP contribution in [0, 0.1) is 0 Å². The number of hydrogen-bond acceptors (Lipinski definition) is 4. The lowest BCUT2D eigenvalue weighted by atomic mass is 10.1. The molecule has 2 heterocycles. The topological polar surface area (TPSA) is 88.3 Å². The van der Waals surface area contributed by atoms with Gasteiger partial charge < -0.3 is 16.0 Å². The number of carbonyl (C=O) groups is 2. The summed E-state index contributed by atoms with van der Waals surface area (Å²) in [6.07, 6.45) is 6.44. The molecule has 3 N–H and O–H groups in total. The number of rotatable bonds is 4. The van der Waals surface area contributed by atoms with Crippen molar-refractivity contribution in [3.05, 3.63) is 53.7 Å². The molecule has 0 spiro atoms. The summed E-state index contributed by atoms with van der Waals surface area (Å²) in [5, 5.41) is 2.72. The highest BCUT2D eigenvalue weighted by Gasteiger charge is 2.14. The number of carbonyl (C=O) groups excluding carboxylic acids is 2. The van der Waals surface area contributed by atoms with E-state index in [0.29, 0.717) is 11.3 Å². The van der Waals surface area contributed by atoms with Crippen molar-refractivity contribution in [2.75, 3.05) is 23.3 Å². The predicted octanol–water partition coefficient (Wildman–Crippen LogP) is 2.81. The van der Waals surface area contributed by atoms with Gasteiger partial charge in [0.15, 0.2) is 0 Å².